The molecule has 0 unspecified atom stereocenters. The third kappa shape index (κ3) is 2.34. The molecule has 0 N–H and O–H groups in total. The van der Waals surface area contributed by atoms with Gasteiger partial charge in [-0.05, 0) is 30.2 Å². The van der Waals surface area contributed by atoms with Crippen LogP contribution >= 0.6 is 11.6 Å². The lowest BCUT2D eigenvalue weighted by atomic mass is 9.95. The van der Waals surface area contributed by atoms with Crippen LogP contribution in [0.25, 0.3) is 10.8 Å². The van der Waals surface area contributed by atoms with Crippen LogP contribution in [0.1, 0.15) is 27.9 Å². The number of aryl methyl sites for hydroxylation is 2. The summed E-state index contributed by atoms with van der Waals surface area (Å²) in [7, 11) is 0. The Morgan fingerprint density at radius 2 is 1.94 bits per heavy atom. The van der Waals surface area contributed by atoms with Gasteiger partial charge in [0.2, 0.25) is 0 Å². The highest BCUT2D eigenvalue weighted by atomic mass is 35.5. The highest BCUT2D eigenvalue weighted by Gasteiger charge is 2.12. The Kier molecular flexibility index (Phi) is 3.49. The number of hydrogen-bond acceptors (Lipinski definition) is 1. The van der Waals surface area contributed by atoms with Gasteiger partial charge in [-0.3, -0.25) is 4.79 Å². The van der Waals surface area contributed by atoms with Gasteiger partial charge in [-0.25, -0.2) is 0 Å². The average Bonchev–Trinajstić information content (AvgIpc) is 2.29. The van der Waals surface area contributed by atoms with Gasteiger partial charge in [-0.2, -0.15) is 0 Å². The maximum atomic E-state index is 12.1. The molecule has 2 rings (SSSR count). The van der Waals surface area contributed by atoms with Crippen molar-refractivity contribution in [2.75, 3.05) is 5.88 Å². The van der Waals surface area contributed by atoms with E-state index >= 15 is 0 Å². The summed E-state index contributed by atoms with van der Waals surface area (Å²) in [5.74, 6) is 0.507. The minimum atomic E-state index is 0.131. The lowest BCUT2D eigenvalue weighted by molar-refractivity contribution is 0.0990. The number of benzene rings is 2. The van der Waals surface area contributed by atoms with E-state index in [9.17, 15) is 4.79 Å². The van der Waals surface area contributed by atoms with Crippen molar-refractivity contribution in [2.45, 2.75) is 20.3 Å². The second-order valence-corrected chi connectivity index (χ2v) is 4.72. The normalized spacial score (nSPS) is 10.8. The first-order valence-corrected chi connectivity index (χ1v) is 6.26. The van der Waals surface area contributed by atoms with Gasteiger partial charge in [0.05, 0.1) is 0 Å². The largest absolute Gasteiger partial charge is 0.294 e. The molecule has 0 saturated heterocycles. The standard InChI is InChI=1S/C15H15ClO/c1-10-3-6-13-12(9-10)5-4-11(2)15(13)14(17)7-8-16/h3-6,9H,7-8H2,1-2H3. The Morgan fingerprint density at radius 1 is 1.18 bits per heavy atom. The molecular formula is C15H15ClO. The molecule has 0 amide bonds. The van der Waals surface area contributed by atoms with Crippen LogP contribution in [0, 0.1) is 13.8 Å². The maximum absolute atomic E-state index is 12.1. The predicted octanol–water partition coefficient (Wildman–Crippen LogP) is 4.27. The van der Waals surface area contributed by atoms with Crippen LogP contribution in [0.2, 0.25) is 0 Å². The molecule has 0 saturated carbocycles. The molecule has 0 aliphatic heterocycles. The zero-order valence-electron chi connectivity index (χ0n) is 10.1. The fraction of sp³-hybridized carbons (Fsp3) is 0.267. The average molecular weight is 247 g/mol. The van der Waals surface area contributed by atoms with E-state index < -0.39 is 0 Å². The van der Waals surface area contributed by atoms with E-state index in [0.717, 1.165) is 21.9 Å². The minimum absolute atomic E-state index is 0.131. The molecule has 2 aromatic carbocycles. The molecular weight excluding hydrogens is 232 g/mol. The molecule has 0 heterocycles. The number of hydrogen-bond donors (Lipinski definition) is 0. The summed E-state index contributed by atoms with van der Waals surface area (Å²) in [6.07, 6.45) is 0.398. The van der Waals surface area contributed by atoms with Crippen LogP contribution in [-0.4, -0.2) is 11.7 Å². The van der Waals surface area contributed by atoms with Crippen molar-refractivity contribution in [1.29, 1.82) is 0 Å². The van der Waals surface area contributed by atoms with Crippen LogP contribution in [0.3, 0.4) is 0 Å². The molecule has 0 aliphatic rings. The van der Waals surface area contributed by atoms with Crippen molar-refractivity contribution in [3.63, 3.8) is 0 Å². The third-order valence-electron chi connectivity index (χ3n) is 2.98. The number of carbonyl (C=O) groups excluding carboxylic acids is 1. The monoisotopic (exact) mass is 246 g/mol. The Labute approximate surface area is 106 Å². The summed E-state index contributed by atoms with van der Waals surface area (Å²) < 4.78 is 0. The summed E-state index contributed by atoms with van der Waals surface area (Å²) in [5, 5.41) is 2.15. The molecule has 0 radical (unpaired) electrons. The Hall–Kier alpha value is -1.34. The zero-order valence-corrected chi connectivity index (χ0v) is 10.8. The number of fused-ring (bicyclic) bond motifs is 1. The van der Waals surface area contributed by atoms with E-state index in [2.05, 4.69) is 19.1 Å². The molecule has 0 aromatic heterocycles. The molecule has 1 nitrogen and oxygen atoms in total. The van der Waals surface area contributed by atoms with Crippen LogP contribution in [0.15, 0.2) is 30.3 Å². The quantitative estimate of drug-likeness (QED) is 0.584. The number of rotatable bonds is 3. The predicted molar refractivity (Wildman–Crippen MR) is 73.1 cm³/mol. The third-order valence-corrected chi connectivity index (χ3v) is 3.17. The fourth-order valence-corrected chi connectivity index (χ4v) is 2.31. The molecule has 0 bridgehead atoms. The molecule has 2 aromatic rings. The van der Waals surface area contributed by atoms with E-state index in [0.29, 0.717) is 12.3 Å². The fourth-order valence-electron chi connectivity index (χ4n) is 2.14. The maximum Gasteiger partial charge on any atom is 0.164 e. The van der Waals surface area contributed by atoms with Gasteiger partial charge in [0.25, 0.3) is 0 Å². The van der Waals surface area contributed by atoms with Crippen LogP contribution in [-0.2, 0) is 0 Å². The van der Waals surface area contributed by atoms with Crippen molar-refractivity contribution >= 4 is 28.2 Å². The SMILES string of the molecule is Cc1ccc2c(C(=O)CCCl)c(C)ccc2c1. The lowest BCUT2D eigenvalue weighted by Gasteiger charge is -2.09. The molecule has 0 fully saturated rings. The van der Waals surface area contributed by atoms with Gasteiger partial charge in [0.15, 0.2) is 5.78 Å². The smallest absolute Gasteiger partial charge is 0.164 e. The first-order chi connectivity index (χ1) is 8.13. The summed E-state index contributed by atoms with van der Waals surface area (Å²) in [4.78, 5) is 12.1. The van der Waals surface area contributed by atoms with E-state index in [1.807, 2.05) is 25.1 Å². The zero-order chi connectivity index (χ0) is 12.4. The van der Waals surface area contributed by atoms with Gasteiger partial charge in [-0.15, -0.1) is 11.6 Å². The Balaban J connectivity index is 2.67. The number of carbonyl (C=O) groups is 1. The second-order valence-electron chi connectivity index (χ2n) is 4.34. The van der Waals surface area contributed by atoms with Crippen molar-refractivity contribution in [3.05, 3.63) is 47.0 Å². The second kappa shape index (κ2) is 4.89. The van der Waals surface area contributed by atoms with Gasteiger partial charge >= 0.3 is 0 Å². The Bertz CT molecular complexity index is 572. The Morgan fingerprint density at radius 3 is 2.65 bits per heavy atom. The number of alkyl halides is 1. The first-order valence-electron chi connectivity index (χ1n) is 5.72. The van der Waals surface area contributed by atoms with Gasteiger partial charge in [0, 0.05) is 17.9 Å². The van der Waals surface area contributed by atoms with E-state index in [4.69, 9.17) is 11.6 Å². The summed E-state index contributed by atoms with van der Waals surface area (Å²) in [5.41, 5.74) is 3.05. The molecule has 0 spiro atoms. The summed E-state index contributed by atoms with van der Waals surface area (Å²) >= 11 is 5.65. The van der Waals surface area contributed by atoms with E-state index in [1.54, 1.807) is 0 Å². The van der Waals surface area contributed by atoms with E-state index in [1.165, 1.54) is 5.56 Å². The molecule has 2 heteroatoms. The summed E-state index contributed by atoms with van der Waals surface area (Å²) in [6.45, 7) is 4.03. The number of Topliss-reactive ketones (excluding diaryl/α,β-unsaturated/α-hetero) is 1. The van der Waals surface area contributed by atoms with Crippen molar-refractivity contribution < 1.29 is 4.79 Å². The van der Waals surface area contributed by atoms with E-state index in [-0.39, 0.29) is 5.78 Å². The lowest BCUT2D eigenvalue weighted by Crippen LogP contribution is -2.03. The van der Waals surface area contributed by atoms with Gasteiger partial charge in [-0.1, -0.05) is 35.9 Å². The highest BCUT2D eigenvalue weighted by molar-refractivity contribution is 6.20. The topological polar surface area (TPSA) is 17.1 Å². The minimum Gasteiger partial charge on any atom is -0.294 e. The first kappa shape index (κ1) is 12.1. The number of halogens is 1. The van der Waals surface area contributed by atoms with Gasteiger partial charge < -0.3 is 0 Å². The van der Waals surface area contributed by atoms with Crippen molar-refractivity contribution in [1.82, 2.24) is 0 Å². The van der Waals surface area contributed by atoms with Crippen LogP contribution < -0.4 is 0 Å². The van der Waals surface area contributed by atoms with Crippen LogP contribution in [0.5, 0.6) is 0 Å². The van der Waals surface area contributed by atoms with Crippen molar-refractivity contribution in [2.24, 2.45) is 0 Å². The van der Waals surface area contributed by atoms with Crippen LogP contribution in [0.4, 0.5) is 0 Å². The van der Waals surface area contributed by atoms with Gasteiger partial charge in [0.1, 0.15) is 0 Å². The van der Waals surface area contributed by atoms with Crippen molar-refractivity contribution in [3.8, 4) is 0 Å². The number of ketones is 1. The summed E-state index contributed by atoms with van der Waals surface area (Å²) in [6, 6.07) is 10.2. The molecule has 17 heavy (non-hydrogen) atoms. The molecule has 0 atom stereocenters. The molecule has 88 valence electrons. The highest BCUT2D eigenvalue weighted by Crippen LogP contribution is 2.24. The molecule has 0 aliphatic carbocycles.